The Hall–Kier alpha value is -0.870. The minimum atomic E-state index is -0.00791. The maximum atomic E-state index is 11.7. The molecule has 0 saturated heterocycles. The zero-order valence-electron chi connectivity index (χ0n) is 9.48. The smallest absolute Gasteiger partial charge is 0.222 e. The van der Waals surface area contributed by atoms with Crippen molar-refractivity contribution >= 4 is 5.91 Å². The Morgan fingerprint density at radius 1 is 1.67 bits per heavy atom. The summed E-state index contributed by atoms with van der Waals surface area (Å²) in [7, 11) is 0. The molecule has 0 aromatic heterocycles. The van der Waals surface area contributed by atoms with E-state index < -0.39 is 0 Å². The van der Waals surface area contributed by atoms with Gasteiger partial charge < -0.3 is 15.7 Å². The van der Waals surface area contributed by atoms with Crippen LogP contribution in [0.2, 0.25) is 0 Å². The normalized spacial score (nSPS) is 12.2. The topological polar surface area (TPSA) is 66.6 Å². The molecule has 0 aromatic carbocycles. The van der Waals surface area contributed by atoms with Crippen molar-refractivity contribution in [3.63, 3.8) is 0 Å². The molecule has 88 valence electrons. The Morgan fingerprint density at radius 2 is 2.33 bits per heavy atom. The van der Waals surface area contributed by atoms with E-state index in [-0.39, 0.29) is 12.5 Å². The number of aliphatic hydroxyl groups excluding tert-OH is 1. The monoisotopic (exact) mass is 214 g/mol. The molecule has 4 heteroatoms. The lowest BCUT2D eigenvalue weighted by Crippen LogP contribution is -2.34. The molecule has 0 fully saturated rings. The Balaban J connectivity index is 3.95. The van der Waals surface area contributed by atoms with Gasteiger partial charge in [0.15, 0.2) is 0 Å². The molecule has 4 nitrogen and oxygen atoms in total. The average molecular weight is 214 g/mol. The van der Waals surface area contributed by atoms with Gasteiger partial charge in [-0.1, -0.05) is 13.0 Å². The third-order valence-corrected chi connectivity index (χ3v) is 2.33. The van der Waals surface area contributed by atoms with E-state index in [9.17, 15) is 4.79 Å². The number of aliphatic hydroxyl groups is 1. The van der Waals surface area contributed by atoms with Gasteiger partial charge in [0.25, 0.3) is 0 Å². The first-order valence-electron chi connectivity index (χ1n) is 5.35. The van der Waals surface area contributed by atoms with Gasteiger partial charge in [0, 0.05) is 19.5 Å². The van der Waals surface area contributed by atoms with Crippen LogP contribution in [0.3, 0.4) is 0 Å². The van der Waals surface area contributed by atoms with Gasteiger partial charge in [0.2, 0.25) is 5.91 Å². The molecule has 0 aliphatic carbocycles. The van der Waals surface area contributed by atoms with Gasteiger partial charge in [-0.25, -0.2) is 0 Å². The molecule has 0 bridgehead atoms. The summed E-state index contributed by atoms with van der Waals surface area (Å²) in [4.78, 5) is 13.3. The molecular formula is C11H22N2O2. The first-order valence-corrected chi connectivity index (χ1v) is 5.35. The molecule has 0 heterocycles. The number of rotatable bonds is 8. The van der Waals surface area contributed by atoms with E-state index in [1.54, 1.807) is 11.0 Å². The third-order valence-electron chi connectivity index (χ3n) is 2.33. The lowest BCUT2D eigenvalue weighted by atomic mass is 10.1. The Kier molecular flexibility index (Phi) is 7.95. The SMILES string of the molecule is C=CCN(CCO)C(=O)CCC(C)CN. The third kappa shape index (κ3) is 6.25. The summed E-state index contributed by atoms with van der Waals surface area (Å²) in [5.74, 6) is 0.429. The highest BCUT2D eigenvalue weighted by molar-refractivity contribution is 5.76. The predicted molar refractivity (Wildman–Crippen MR) is 61.3 cm³/mol. The van der Waals surface area contributed by atoms with Crippen LogP contribution in [0.1, 0.15) is 19.8 Å². The quantitative estimate of drug-likeness (QED) is 0.574. The summed E-state index contributed by atoms with van der Waals surface area (Å²) >= 11 is 0. The van der Waals surface area contributed by atoms with Gasteiger partial charge >= 0.3 is 0 Å². The van der Waals surface area contributed by atoms with Gasteiger partial charge in [0.05, 0.1) is 6.61 Å². The lowest BCUT2D eigenvalue weighted by molar-refractivity contribution is -0.131. The van der Waals surface area contributed by atoms with Crippen molar-refractivity contribution in [2.24, 2.45) is 11.7 Å². The molecule has 0 saturated carbocycles. The minimum absolute atomic E-state index is 0.00791. The second-order valence-corrected chi connectivity index (χ2v) is 3.73. The molecule has 0 aromatic rings. The number of carbonyl (C=O) groups is 1. The van der Waals surface area contributed by atoms with Crippen LogP contribution in [0.4, 0.5) is 0 Å². The molecule has 0 aliphatic heterocycles. The maximum absolute atomic E-state index is 11.7. The average Bonchev–Trinajstić information content (AvgIpc) is 2.25. The Labute approximate surface area is 91.8 Å². The van der Waals surface area contributed by atoms with E-state index in [0.29, 0.717) is 32.0 Å². The molecule has 1 atom stereocenters. The van der Waals surface area contributed by atoms with Crippen LogP contribution in [0.25, 0.3) is 0 Å². The van der Waals surface area contributed by atoms with E-state index in [1.807, 2.05) is 6.92 Å². The fourth-order valence-electron chi connectivity index (χ4n) is 1.24. The zero-order valence-corrected chi connectivity index (χ0v) is 9.48. The van der Waals surface area contributed by atoms with E-state index >= 15 is 0 Å². The van der Waals surface area contributed by atoms with Crippen molar-refractivity contribution in [3.05, 3.63) is 12.7 Å². The van der Waals surface area contributed by atoms with Crippen LogP contribution in [-0.2, 0) is 4.79 Å². The molecule has 3 N–H and O–H groups in total. The molecule has 15 heavy (non-hydrogen) atoms. The standard InChI is InChI=1S/C11H22N2O2/c1-3-6-13(7-8-14)11(15)5-4-10(2)9-12/h3,10,14H,1,4-9,12H2,2H3. The van der Waals surface area contributed by atoms with Crippen molar-refractivity contribution < 1.29 is 9.90 Å². The molecular weight excluding hydrogens is 192 g/mol. The highest BCUT2D eigenvalue weighted by Crippen LogP contribution is 2.06. The minimum Gasteiger partial charge on any atom is -0.395 e. The van der Waals surface area contributed by atoms with E-state index in [1.165, 1.54) is 0 Å². The van der Waals surface area contributed by atoms with Crippen molar-refractivity contribution in [1.29, 1.82) is 0 Å². The Morgan fingerprint density at radius 3 is 2.80 bits per heavy atom. The molecule has 1 amide bonds. The van der Waals surface area contributed by atoms with Crippen LogP contribution in [0.5, 0.6) is 0 Å². The van der Waals surface area contributed by atoms with Crippen molar-refractivity contribution in [3.8, 4) is 0 Å². The van der Waals surface area contributed by atoms with E-state index in [0.717, 1.165) is 6.42 Å². The molecule has 0 rings (SSSR count). The Bertz CT molecular complexity index is 195. The second kappa shape index (κ2) is 8.44. The number of nitrogens with two attached hydrogens (primary N) is 1. The number of hydrogen-bond donors (Lipinski definition) is 2. The number of carbonyl (C=O) groups excluding carboxylic acids is 1. The van der Waals surface area contributed by atoms with Crippen LogP contribution in [0.15, 0.2) is 12.7 Å². The van der Waals surface area contributed by atoms with Crippen LogP contribution in [0, 0.1) is 5.92 Å². The molecule has 0 aliphatic rings. The summed E-state index contributed by atoms with van der Waals surface area (Å²) in [6.07, 6.45) is 2.96. The first kappa shape index (κ1) is 14.1. The van der Waals surface area contributed by atoms with Gasteiger partial charge in [-0.2, -0.15) is 0 Å². The fourth-order valence-corrected chi connectivity index (χ4v) is 1.24. The van der Waals surface area contributed by atoms with E-state index in [4.69, 9.17) is 10.8 Å². The lowest BCUT2D eigenvalue weighted by Gasteiger charge is -2.20. The van der Waals surface area contributed by atoms with Gasteiger partial charge in [-0.3, -0.25) is 4.79 Å². The molecule has 0 spiro atoms. The maximum Gasteiger partial charge on any atom is 0.222 e. The first-order chi connectivity index (χ1) is 7.15. The van der Waals surface area contributed by atoms with Crippen molar-refractivity contribution in [2.45, 2.75) is 19.8 Å². The van der Waals surface area contributed by atoms with Crippen molar-refractivity contribution in [1.82, 2.24) is 4.90 Å². The van der Waals surface area contributed by atoms with Gasteiger partial charge in [-0.15, -0.1) is 6.58 Å². The van der Waals surface area contributed by atoms with Crippen LogP contribution >= 0.6 is 0 Å². The van der Waals surface area contributed by atoms with E-state index in [2.05, 4.69) is 6.58 Å². The predicted octanol–water partition coefficient (Wildman–Crippen LogP) is 0.368. The van der Waals surface area contributed by atoms with Gasteiger partial charge in [-0.05, 0) is 18.9 Å². The number of amides is 1. The highest BCUT2D eigenvalue weighted by Gasteiger charge is 2.12. The highest BCUT2D eigenvalue weighted by atomic mass is 16.3. The van der Waals surface area contributed by atoms with Crippen LogP contribution < -0.4 is 5.73 Å². The summed E-state index contributed by atoms with van der Waals surface area (Å²) < 4.78 is 0. The summed E-state index contributed by atoms with van der Waals surface area (Å²) in [5.41, 5.74) is 5.47. The zero-order chi connectivity index (χ0) is 11.7. The fraction of sp³-hybridized carbons (Fsp3) is 0.727. The summed E-state index contributed by atoms with van der Waals surface area (Å²) in [5, 5.41) is 8.79. The summed E-state index contributed by atoms with van der Waals surface area (Å²) in [6, 6.07) is 0. The molecule has 0 radical (unpaired) electrons. The molecule has 1 unspecified atom stereocenters. The van der Waals surface area contributed by atoms with Gasteiger partial charge in [0.1, 0.15) is 0 Å². The number of nitrogens with zero attached hydrogens (tertiary/aromatic N) is 1. The number of hydrogen-bond acceptors (Lipinski definition) is 3. The largest absolute Gasteiger partial charge is 0.395 e. The van der Waals surface area contributed by atoms with Crippen molar-refractivity contribution in [2.75, 3.05) is 26.2 Å². The second-order valence-electron chi connectivity index (χ2n) is 3.73. The summed E-state index contributed by atoms with van der Waals surface area (Å²) in [6.45, 7) is 7.08. The van der Waals surface area contributed by atoms with Crippen LogP contribution in [-0.4, -0.2) is 42.2 Å².